The van der Waals surface area contributed by atoms with Gasteiger partial charge in [0, 0.05) is 25.7 Å². The normalized spacial score (nSPS) is 28.5. The van der Waals surface area contributed by atoms with E-state index in [-0.39, 0.29) is 41.0 Å². The van der Waals surface area contributed by atoms with Crippen molar-refractivity contribution in [2.75, 3.05) is 19.3 Å². The largest absolute Gasteiger partial charge is 0.347 e. The number of sulfonamides is 1. The van der Waals surface area contributed by atoms with E-state index in [0.29, 0.717) is 32.2 Å². The molecule has 14 heteroatoms. The quantitative estimate of drug-likeness (QED) is 0.184. The zero-order valence-electron chi connectivity index (χ0n) is 32.6. The summed E-state index contributed by atoms with van der Waals surface area (Å²) in [6, 6.07) is -3.33. The number of nitrogens with zero attached hydrogens (tertiary/aromatic N) is 2. The number of fused-ring (bicyclic) bond motifs is 1. The zero-order chi connectivity index (χ0) is 38.3. The third-order valence-electron chi connectivity index (χ3n) is 14.0. The van der Waals surface area contributed by atoms with Gasteiger partial charge in [0.05, 0.1) is 17.3 Å². The number of piperidine rings is 1. The van der Waals surface area contributed by atoms with Gasteiger partial charge in [-0.15, -0.1) is 0 Å². The maximum absolute atomic E-state index is 14.9. The van der Waals surface area contributed by atoms with Crippen LogP contribution in [0.4, 0.5) is 4.79 Å². The standard InChI is InChI=1S/C39H64N6O7S/c1-6-14-28(31(46)34(48)40-25-17-18-25)41-33(47)30-29-27(37(29,2)3)23-45(30)35(49)32(38(4)19-9-7-10-20-38)42-36(50)43-39(21-11-8-12-22-39)24-53(51,52)44(5)26-15-13-16-26/h25-30,32H,6-24H2,1-5H3,(H,40,48)(H,41,47)(H2,42,43,50)/t27-,28-,29-,30-,32+/m0/s1. The summed E-state index contributed by atoms with van der Waals surface area (Å²) in [5.41, 5.74) is -1.71. The molecule has 13 nitrogen and oxygen atoms in total. The van der Waals surface area contributed by atoms with Crippen LogP contribution in [0.5, 0.6) is 0 Å². The van der Waals surface area contributed by atoms with Crippen LogP contribution in [0.2, 0.25) is 0 Å². The summed E-state index contributed by atoms with van der Waals surface area (Å²) in [6.07, 6.45) is 13.2. The molecule has 1 aliphatic heterocycles. The molecule has 0 aromatic heterocycles. The van der Waals surface area contributed by atoms with Crippen molar-refractivity contribution in [1.82, 2.24) is 30.5 Å². The molecule has 0 radical (unpaired) electrons. The van der Waals surface area contributed by atoms with Crippen LogP contribution in [0, 0.1) is 22.7 Å². The third kappa shape index (κ3) is 8.43. The number of rotatable bonds is 15. The average molecular weight is 761 g/mol. The van der Waals surface area contributed by atoms with Crippen LogP contribution in [-0.2, 0) is 29.2 Å². The van der Waals surface area contributed by atoms with Crippen LogP contribution in [-0.4, -0.2) is 102 Å². The Kier molecular flexibility index (Phi) is 11.6. The van der Waals surface area contributed by atoms with Crippen LogP contribution >= 0.6 is 0 Å². The maximum atomic E-state index is 14.9. The Morgan fingerprint density at radius 1 is 0.849 bits per heavy atom. The Hall–Kier alpha value is -2.74. The molecule has 5 amide bonds. The van der Waals surface area contributed by atoms with Crippen molar-refractivity contribution in [3.05, 3.63) is 0 Å². The van der Waals surface area contributed by atoms with Crippen LogP contribution in [0.3, 0.4) is 0 Å². The number of nitrogens with one attached hydrogen (secondary N) is 4. The monoisotopic (exact) mass is 760 g/mol. The van der Waals surface area contributed by atoms with Crippen molar-refractivity contribution < 1.29 is 32.4 Å². The summed E-state index contributed by atoms with van der Waals surface area (Å²) >= 11 is 0. The van der Waals surface area contributed by atoms with Crippen LogP contribution in [0.1, 0.15) is 137 Å². The van der Waals surface area contributed by atoms with Gasteiger partial charge < -0.3 is 26.2 Å². The lowest BCUT2D eigenvalue weighted by atomic mass is 9.70. The maximum Gasteiger partial charge on any atom is 0.315 e. The van der Waals surface area contributed by atoms with Crippen molar-refractivity contribution in [2.24, 2.45) is 22.7 Å². The molecular formula is C39H64N6O7S. The summed E-state index contributed by atoms with van der Waals surface area (Å²) in [6.45, 7) is 8.46. The van der Waals surface area contributed by atoms with E-state index >= 15 is 0 Å². The van der Waals surface area contributed by atoms with E-state index in [4.69, 9.17) is 0 Å². The number of carbonyl (C=O) groups is 5. The molecule has 5 atom stereocenters. The summed E-state index contributed by atoms with van der Waals surface area (Å²) in [4.78, 5) is 70.9. The number of hydrogen-bond acceptors (Lipinski definition) is 7. The fourth-order valence-electron chi connectivity index (χ4n) is 9.99. The highest BCUT2D eigenvalue weighted by Crippen LogP contribution is 2.65. The van der Waals surface area contributed by atoms with Gasteiger partial charge in [-0.1, -0.05) is 79.1 Å². The minimum atomic E-state index is -3.65. The molecular weight excluding hydrogens is 697 g/mol. The number of Topliss-reactive ketones (excluding diaryl/α,β-unsaturated/α-hetero) is 1. The Bertz CT molecular complexity index is 1530. The number of ketones is 1. The predicted octanol–water partition coefficient (Wildman–Crippen LogP) is 3.76. The Morgan fingerprint density at radius 3 is 2.04 bits per heavy atom. The molecule has 5 saturated carbocycles. The number of amides is 5. The van der Waals surface area contributed by atoms with Gasteiger partial charge in [-0.3, -0.25) is 19.2 Å². The van der Waals surface area contributed by atoms with Gasteiger partial charge in [0.2, 0.25) is 27.6 Å². The van der Waals surface area contributed by atoms with Crippen LogP contribution < -0.4 is 21.3 Å². The van der Waals surface area contributed by atoms with Gasteiger partial charge in [0.15, 0.2) is 0 Å². The first-order valence-corrected chi connectivity index (χ1v) is 22.1. The van der Waals surface area contributed by atoms with E-state index in [9.17, 15) is 32.4 Å². The summed E-state index contributed by atoms with van der Waals surface area (Å²) in [7, 11) is -2.01. The SMILES string of the molecule is CCC[C@H](NC(=O)[C@@H]1[C@@H]2[C@H](CN1C(=O)[C@@H](NC(=O)NC1(CS(=O)(=O)N(C)C3CCC3)CCCCC1)C1(C)CCCCC1)C2(C)C)C(=O)C(=O)NC1CC1. The van der Waals surface area contributed by atoms with E-state index in [1.54, 1.807) is 11.9 Å². The first-order chi connectivity index (χ1) is 25.0. The number of carbonyl (C=O) groups excluding carboxylic acids is 5. The van der Waals surface area contributed by atoms with E-state index in [1.165, 1.54) is 4.31 Å². The highest BCUT2D eigenvalue weighted by atomic mass is 32.2. The average Bonchev–Trinajstić information content (AvgIpc) is 3.93. The minimum Gasteiger partial charge on any atom is -0.347 e. The van der Waals surface area contributed by atoms with Crippen molar-refractivity contribution in [3.8, 4) is 0 Å². The van der Waals surface area contributed by atoms with Crippen molar-refractivity contribution in [1.29, 1.82) is 0 Å². The first-order valence-electron chi connectivity index (χ1n) is 20.5. The zero-order valence-corrected chi connectivity index (χ0v) is 33.5. The van der Waals surface area contributed by atoms with E-state index in [2.05, 4.69) is 35.1 Å². The van der Waals surface area contributed by atoms with E-state index < -0.39 is 62.7 Å². The summed E-state index contributed by atoms with van der Waals surface area (Å²) < 4.78 is 28.8. The molecule has 6 rings (SSSR count). The Balaban J connectivity index is 1.22. The fourth-order valence-corrected chi connectivity index (χ4v) is 11.9. The third-order valence-corrected chi connectivity index (χ3v) is 16.1. The second-order valence-corrected chi connectivity index (χ2v) is 20.3. The second-order valence-electron chi connectivity index (χ2n) is 18.3. The van der Waals surface area contributed by atoms with Gasteiger partial charge in [0.25, 0.3) is 5.91 Å². The Labute approximate surface area is 316 Å². The number of hydrogen-bond donors (Lipinski definition) is 4. The molecule has 0 aromatic carbocycles. The summed E-state index contributed by atoms with van der Waals surface area (Å²) in [5.74, 6) is -2.35. The van der Waals surface area contributed by atoms with Gasteiger partial charge in [-0.05, 0) is 80.5 Å². The molecule has 53 heavy (non-hydrogen) atoms. The van der Waals surface area contributed by atoms with Crippen LogP contribution in [0.25, 0.3) is 0 Å². The lowest BCUT2D eigenvalue weighted by Crippen LogP contribution is -2.65. The Morgan fingerprint density at radius 2 is 1.47 bits per heavy atom. The lowest BCUT2D eigenvalue weighted by Gasteiger charge is -2.44. The molecule has 1 heterocycles. The number of likely N-dealkylation sites (tertiary alicyclic amines) is 1. The van der Waals surface area contributed by atoms with E-state index in [0.717, 1.165) is 83.5 Å². The molecule has 6 fully saturated rings. The molecule has 1 saturated heterocycles. The number of urea groups is 1. The minimum absolute atomic E-state index is 0.000201. The van der Waals surface area contributed by atoms with Crippen LogP contribution in [0.15, 0.2) is 0 Å². The highest BCUT2D eigenvalue weighted by molar-refractivity contribution is 7.89. The molecule has 298 valence electrons. The highest BCUT2D eigenvalue weighted by Gasteiger charge is 2.70. The van der Waals surface area contributed by atoms with Gasteiger partial charge in [-0.25, -0.2) is 17.5 Å². The second kappa shape index (κ2) is 15.4. The van der Waals surface area contributed by atoms with E-state index in [1.807, 2.05) is 13.8 Å². The van der Waals surface area contributed by atoms with Crippen molar-refractivity contribution >= 4 is 39.6 Å². The molecule has 0 spiro atoms. The topological polar surface area (TPSA) is 174 Å². The molecule has 0 unspecified atom stereocenters. The van der Waals surface area contributed by atoms with Gasteiger partial charge >= 0.3 is 6.03 Å². The first kappa shape index (κ1) is 39.9. The predicted molar refractivity (Wildman–Crippen MR) is 201 cm³/mol. The van der Waals surface area contributed by atoms with Crippen molar-refractivity contribution in [2.45, 2.75) is 173 Å². The molecule has 6 aliphatic rings. The smallest absolute Gasteiger partial charge is 0.315 e. The van der Waals surface area contributed by atoms with Gasteiger partial charge in [-0.2, -0.15) is 0 Å². The lowest BCUT2D eigenvalue weighted by molar-refractivity contribution is -0.146. The molecule has 4 N–H and O–H groups in total. The summed E-state index contributed by atoms with van der Waals surface area (Å²) in [5, 5.41) is 11.8. The molecule has 0 aromatic rings. The molecule has 5 aliphatic carbocycles. The fraction of sp³-hybridized carbons (Fsp3) is 0.872. The van der Waals surface area contributed by atoms with Crippen molar-refractivity contribution in [3.63, 3.8) is 0 Å². The van der Waals surface area contributed by atoms with Gasteiger partial charge in [0.1, 0.15) is 12.1 Å². The molecule has 0 bridgehead atoms.